The van der Waals surface area contributed by atoms with E-state index >= 15 is 0 Å². The van der Waals surface area contributed by atoms with Gasteiger partial charge in [-0.2, -0.15) is 0 Å². The molecule has 1 saturated carbocycles. The van der Waals surface area contributed by atoms with Gasteiger partial charge in [0.05, 0.1) is 7.11 Å². The minimum Gasteiger partial charge on any atom is -0.438 e. The second kappa shape index (κ2) is 5.23. The van der Waals surface area contributed by atoms with Crippen molar-refractivity contribution in [3.05, 3.63) is 0 Å². The van der Waals surface area contributed by atoms with Crippen molar-refractivity contribution in [2.45, 2.75) is 45.6 Å². The van der Waals surface area contributed by atoms with Crippen molar-refractivity contribution in [3.8, 4) is 0 Å². The predicted octanol–water partition coefficient (Wildman–Crippen LogP) is 2.98. The summed E-state index contributed by atoms with van der Waals surface area (Å²) in [7, 11) is 1.36. The summed E-state index contributed by atoms with van der Waals surface area (Å²) < 4.78 is 9.77. The molecule has 0 aromatic carbocycles. The summed E-state index contributed by atoms with van der Waals surface area (Å²) in [5.74, 6) is 1.08. The molecule has 3 nitrogen and oxygen atoms in total. The molecule has 0 saturated heterocycles. The van der Waals surface area contributed by atoms with Gasteiger partial charge in [-0.3, -0.25) is 0 Å². The van der Waals surface area contributed by atoms with Crippen molar-refractivity contribution in [1.29, 1.82) is 0 Å². The Kier molecular flexibility index (Phi) is 4.23. The summed E-state index contributed by atoms with van der Waals surface area (Å²) >= 11 is 0. The molecule has 14 heavy (non-hydrogen) atoms. The lowest BCUT2D eigenvalue weighted by Gasteiger charge is -2.33. The maximum Gasteiger partial charge on any atom is 0.508 e. The fraction of sp³-hybridized carbons (Fsp3) is 0.909. The fourth-order valence-corrected chi connectivity index (χ4v) is 2.21. The zero-order chi connectivity index (χ0) is 10.6. The van der Waals surface area contributed by atoms with Gasteiger partial charge in [-0.25, -0.2) is 4.79 Å². The molecular weight excluding hydrogens is 180 g/mol. The maximum absolute atomic E-state index is 11.0. The van der Waals surface area contributed by atoms with Crippen molar-refractivity contribution in [3.63, 3.8) is 0 Å². The summed E-state index contributed by atoms with van der Waals surface area (Å²) in [6, 6.07) is 0. The van der Waals surface area contributed by atoms with Gasteiger partial charge in [-0.15, -0.1) is 0 Å². The Morgan fingerprint density at radius 2 is 1.93 bits per heavy atom. The van der Waals surface area contributed by atoms with E-state index in [1.165, 1.54) is 20.0 Å². The summed E-state index contributed by atoms with van der Waals surface area (Å²) in [6.07, 6.45) is 4.09. The van der Waals surface area contributed by atoms with Crippen LogP contribution in [0.5, 0.6) is 0 Å². The molecule has 1 fully saturated rings. The number of carbonyl (C=O) groups excluding carboxylic acids is 1. The van der Waals surface area contributed by atoms with Gasteiger partial charge >= 0.3 is 6.16 Å². The average Bonchev–Trinajstić information content (AvgIpc) is 2.18. The van der Waals surface area contributed by atoms with Crippen LogP contribution in [0.15, 0.2) is 0 Å². The number of carbonyl (C=O) groups is 1. The Balaban J connectivity index is 2.49. The highest BCUT2D eigenvalue weighted by Crippen LogP contribution is 2.32. The monoisotopic (exact) mass is 200 g/mol. The summed E-state index contributed by atoms with van der Waals surface area (Å²) in [5, 5.41) is 0. The highest BCUT2D eigenvalue weighted by molar-refractivity contribution is 5.59. The van der Waals surface area contributed by atoms with E-state index in [4.69, 9.17) is 4.74 Å². The van der Waals surface area contributed by atoms with E-state index in [0.29, 0.717) is 11.8 Å². The SMILES string of the molecule is COC(=O)OC1CCCCC1C(C)C. The highest BCUT2D eigenvalue weighted by atomic mass is 16.7. The van der Waals surface area contributed by atoms with E-state index < -0.39 is 6.16 Å². The van der Waals surface area contributed by atoms with Crippen LogP contribution < -0.4 is 0 Å². The second-order valence-electron chi connectivity index (χ2n) is 4.30. The first-order valence-corrected chi connectivity index (χ1v) is 5.39. The first-order valence-electron chi connectivity index (χ1n) is 5.39. The number of rotatable bonds is 2. The van der Waals surface area contributed by atoms with Crippen molar-refractivity contribution in [2.75, 3.05) is 7.11 Å². The first-order chi connectivity index (χ1) is 6.65. The molecule has 0 amide bonds. The van der Waals surface area contributed by atoms with Crippen LogP contribution in [0.25, 0.3) is 0 Å². The van der Waals surface area contributed by atoms with Crippen LogP contribution >= 0.6 is 0 Å². The van der Waals surface area contributed by atoms with E-state index in [9.17, 15) is 4.79 Å². The Morgan fingerprint density at radius 1 is 1.29 bits per heavy atom. The summed E-state index contributed by atoms with van der Waals surface area (Å²) in [5.41, 5.74) is 0. The standard InChI is InChI=1S/C11H20O3/c1-8(2)9-6-4-5-7-10(9)14-11(12)13-3/h8-10H,4-7H2,1-3H3. The quantitative estimate of drug-likeness (QED) is 0.643. The van der Waals surface area contributed by atoms with Crippen LogP contribution in [0, 0.1) is 11.8 Å². The van der Waals surface area contributed by atoms with E-state index in [1.54, 1.807) is 0 Å². The van der Waals surface area contributed by atoms with Gasteiger partial charge < -0.3 is 9.47 Å². The third kappa shape index (κ3) is 2.89. The van der Waals surface area contributed by atoms with Crippen molar-refractivity contribution >= 4 is 6.16 Å². The molecule has 2 unspecified atom stereocenters. The minimum absolute atomic E-state index is 0.0659. The normalized spacial score (nSPS) is 27.4. The van der Waals surface area contributed by atoms with E-state index in [2.05, 4.69) is 18.6 Å². The lowest BCUT2D eigenvalue weighted by Crippen LogP contribution is -2.33. The van der Waals surface area contributed by atoms with Crippen LogP contribution in [-0.2, 0) is 9.47 Å². The highest BCUT2D eigenvalue weighted by Gasteiger charge is 2.30. The number of ether oxygens (including phenoxy) is 2. The van der Waals surface area contributed by atoms with Gasteiger partial charge in [0.15, 0.2) is 0 Å². The Hall–Kier alpha value is -0.730. The molecule has 1 aliphatic carbocycles. The molecule has 0 heterocycles. The zero-order valence-electron chi connectivity index (χ0n) is 9.29. The van der Waals surface area contributed by atoms with Crippen LogP contribution in [0.3, 0.4) is 0 Å². The van der Waals surface area contributed by atoms with Gasteiger partial charge in [-0.05, 0) is 31.1 Å². The molecule has 0 radical (unpaired) electrons. The number of methoxy groups -OCH3 is 1. The van der Waals surface area contributed by atoms with Crippen LogP contribution in [-0.4, -0.2) is 19.4 Å². The lowest BCUT2D eigenvalue weighted by atomic mass is 9.79. The van der Waals surface area contributed by atoms with Crippen LogP contribution in [0.2, 0.25) is 0 Å². The summed E-state index contributed by atoms with van der Waals surface area (Å²) in [6.45, 7) is 4.37. The molecule has 0 spiro atoms. The molecule has 0 aliphatic heterocycles. The molecule has 82 valence electrons. The maximum atomic E-state index is 11.0. The zero-order valence-corrected chi connectivity index (χ0v) is 9.29. The van der Waals surface area contributed by atoms with E-state index in [-0.39, 0.29) is 6.10 Å². The van der Waals surface area contributed by atoms with Crippen LogP contribution in [0.4, 0.5) is 4.79 Å². The number of hydrogen-bond donors (Lipinski definition) is 0. The number of hydrogen-bond acceptors (Lipinski definition) is 3. The summed E-state index contributed by atoms with van der Waals surface area (Å²) in [4.78, 5) is 11.0. The molecule has 1 aliphatic rings. The Bertz CT molecular complexity index is 189. The van der Waals surface area contributed by atoms with Gasteiger partial charge in [0.2, 0.25) is 0 Å². The third-order valence-electron chi connectivity index (χ3n) is 3.02. The van der Waals surface area contributed by atoms with Gasteiger partial charge in [0.1, 0.15) is 6.10 Å². The third-order valence-corrected chi connectivity index (χ3v) is 3.02. The smallest absolute Gasteiger partial charge is 0.438 e. The molecule has 3 heteroatoms. The Labute approximate surface area is 85.8 Å². The van der Waals surface area contributed by atoms with Gasteiger partial charge in [0, 0.05) is 0 Å². The minimum atomic E-state index is -0.539. The van der Waals surface area contributed by atoms with E-state index in [1.807, 2.05) is 0 Å². The van der Waals surface area contributed by atoms with Crippen molar-refractivity contribution in [1.82, 2.24) is 0 Å². The molecule has 1 rings (SSSR count). The average molecular weight is 200 g/mol. The van der Waals surface area contributed by atoms with Crippen molar-refractivity contribution < 1.29 is 14.3 Å². The largest absolute Gasteiger partial charge is 0.508 e. The molecule has 0 aromatic rings. The predicted molar refractivity (Wildman–Crippen MR) is 54.1 cm³/mol. The van der Waals surface area contributed by atoms with E-state index in [0.717, 1.165) is 12.8 Å². The van der Waals surface area contributed by atoms with Crippen molar-refractivity contribution in [2.24, 2.45) is 11.8 Å². The van der Waals surface area contributed by atoms with Gasteiger partial charge in [0.25, 0.3) is 0 Å². The molecular formula is C11H20O3. The topological polar surface area (TPSA) is 35.5 Å². The molecule has 0 aromatic heterocycles. The lowest BCUT2D eigenvalue weighted by molar-refractivity contribution is -0.0146. The fourth-order valence-electron chi connectivity index (χ4n) is 2.21. The molecule has 0 bridgehead atoms. The molecule has 2 atom stereocenters. The van der Waals surface area contributed by atoms with Crippen LogP contribution in [0.1, 0.15) is 39.5 Å². The first kappa shape index (κ1) is 11.3. The van der Waals surface area contributed by atoms with Gasteiger partial charge in [-0.1, -0.05) is 20.3 Å². The Morgan fingerprint density at radius 3 is 2.50 bits per heavy atom. The second-order valence-corrected chi connectivity index (χ2v) is 4.30. The molecule has 0 N–H and O–H groups in total.